The van der Waals surface area contributed by atoms with E-state index in [1.165, 1.54) is 0 Å². The minimum absolute atomic E-state index is 0.191. The summed E-state index contributed by atoms with van der Waals surface area (Å²) < 4.78 is 11.2. The van der Waals surface area contributed by atoms with Crippen molar-refractivity contribution in [2.24, 2.45) is 10.2 Å². The van der Waals surface area contributed by atoms with Gasteiger partial charge in [-0.1, -0.05) is 11.8 Å². The van der Waals surface area contributed by atoms with Gasteiger partial charge in [-0.05, 0) is 29.8 Å². The Balaban J connectivity index is 1.52. The van der Waals surface area contributed by atoms with Crippen molar-refractivity contribution >= 4 is 35.0 Å². The number of carboxylic acid groups (broad SMARTS) is 1. The van der Waals surface area contributed by atoms with Gasteiger partial charge in [0.05, 0.1) is 25.8 Å². The number of rotatable bonds is 6. The number of carboxylic acids is 1. The van der Waals surface area contributed by atoms with Crippen LogP contribution in [-0.4, -0.2) is 52.9 Å². The lowest BCUT2D eigenvalue weighted by Gasteiger charge is -2.23. The van der Waals surface area contributed by atoms with E-state index in [1.54, 1.807) is 6.21 Å². The number of amidine groups is 1. The third kappa shape index (κ3) is 5.30. The minimum Gasteiger partial charge on any atom is -0.490 e. The first kappa shape index (κ1) is 18.4. The van der Waals surface area contributed by atoms with Crippen LogP contribution in [0.4, 0.5) is 0 Å². The van der Waals surface area contributed by atoms with Crippen LogP contribution in [0.2, 0.25) is 0 Å². The normalized spacial score (nSPS) is 22.7. The Labute approximate surface area is 154 Å². The molecule has 1 amide bonds. The predicted octanol–water partition coefficient (Wildman–Crippen LogP) is 1.64. The van der Waals surface area contributed by atoms with Gasteiger partial charge in [-0.2, -0.15) is 5.10 Å². The van der Waals surface area contributed by atoms with E-state index in [1.807, 2.05) is 24.3 Å². The molecule has 0 spiro atoms. The van der Waals surface area contributed by atoms with Crippen molar-refractivity contribution in [1.29, 1.82) is 0 Å². The second-order valence-corrected chi connectivity index (χ2v) is 7.03. The highest BCUT2D eigenvalue weighted by atomic mass is 32.2. The number of carbonyl (C=O) groups is 2. The summed E-state index contributed by atoms with van der Waals surface area (Å²) in [5.74, 6) is -0.582. The van der Waals surface area contributed by atoms with E-state index in [9.17, 15) is 9.59 Å². The molecule has 3 rings (SSSR count). The molecule has 2 saturated heterocycles. The van der Waals surface area contributed by atoms with Crippen LogP contribution in [0.5, 0.6) is 5.75 Å². The SMILES string of the molecule is O=C(O)CC1SC(=NN=Cc2ccc(OC3CCOCC3)cc2)NC1=O. The van der Waals surface area contributed by atoms with Crippen molar-refractivity contribution in [1.82, 2.24) is 5.32 Å². The van der Waals surface area contributed by atoms with Gasteiger partial charge in [-0.15, -0.1) is 5.10 Å². The molecule has 0 radical (unpaired) electrons. The summed E-state index contributed by atoms with van der Waals surface area (Å²) in [6.45, 7) is 1.47. The molecule has 26 heavy (non-hydrogen) atoms. The Hall–Kier alpha value is -2.39. The standard InChI is InChI=1S/C17H19N3O5S/c21-15(22)9-14-16(23)19-17(26-14)20-18-10-11-1-3-12(4-2-11)25-13-5-7-24-8-6-13/h1-4,10,13-14H,5-9H2,(H,21,22)(H,19,20,23). The molecular formula is C17H19N3O5S. The first-order valence-corrected chi connectivity index (χ1v) is 9.13. The number of thioether (sulfide) groups is 1. The molecule has 1 atom stereocenters. The van der Waals surface area contributed by atoms with Crippen LogP contribution in [0.1, 0.15) is 24.8 Å². The Kier molecular flexibility index (Phi) is 6.24. The monoisotopic (exact) mass is 377 g/mol. The average Bonchev–Trinajstić information content (AvgIpc) is 2.96. The van der Waals surface area contributed by atoms with E-state index in [0.29, 0.717) is 5.17 Å². The van der Waals surface area contributed by atoms with Crippen molar-refractivity contribution in [2.75, 3.05) is 13.2 Å². The molecule has 138 valence electrons. The summed E-state index contributed by atoms with van der Waals surface area (Å²) >= 11 is 1.07. The largest absolute Gasteiger partial charge is 0.490 e. The van der Waals surface area contributed by atoms with Gasteiger partial charge >= 0.3 is 5.97 Å². The first-order valence-electron chi connectivity index (χ1n) is 8.25. The summed E-state index contributed by atoms with van der Waals surface area (Å²) in [5.41, 5.74) is 0.838. The molecular weight excluding hydrogens is 358 g/mol. The first-order chi connectivity index (χ1) is 12.6. The molecule has 1 aromatic carbocycles. The minimum atomic E-state index is -1.02. The number of nitrogens with zero attached hydrogens (tertiary/aromatic N) is 2. The average molecular weight is 377 g/mol. The lowest BCUT2D eigenvalue weighted by molar-refractivity contribution is -0.138. The molecule has 1 unspecified atom stereocenters. The highest BCUT2D eigenvalue weighted by Gasteiger charge is 2.32. The van der Waals surface area contributed by atoms with Crippen LogP contribution < -0.4 is 10.1 Å². The molecule has 0 saturated carbocycles. The number of ether oxygens (including phenoxy) is 2. The zero-order valence-electron chi connectivity index (χ0n) is 14.0. The van der Waals surface area contributed by atoms with Gasteiger partial charge in [0.15, 0.2) is 5.17 Å². The predicted molar refractivity (Wildman–Crippen MR) is 97.7 cm³/mol. The highest BCUT2D eigenvalue weighted by Crippen LogP contribution is 2.22. The maximum absolute atomic E-state index is 11.6. The van der Waals surface area contributed by atoms with Crippen LogP contribution >= 0.6 is 11.8 Å². The molecule has 9 heteroatoms. The van der Waals surface area contributed by atoms with Crippen LogP contribution in [0.3, 0.4) is 0 Å². The second-order valence-electron chi connectivity index (χ2n) is 5.84. The fourth-order valence-corrected chi connectivity index (χ4v) is 3.43. The van der Waals surface area contributed by atoms with Gasteiger partial charge in [0.1, 0.15) is 17.1 Å². The van der Waals surface area contributed by atoms with Gasteiger partial charge in [0.25, 0.3) is 0 Å². The number of aliphatic carboxylic acids is 1. The zero-order valence-corrected chi connectivity index (χ0v) is 14.8. The number of benzene rings is 1. The van der Waals surface area contributed by atoms with E-state index in [-0.39, 0.29) is 18.4 Å². The molecule has 1 aromatic rings. The molecule has 0 bridgehead atoms. The van der Waals surface area contributed by atoms with Crippen molar-refractivity contribution in [3.8, 4) is 5.75 Å². The third-order valence-corrected chi connectivity index (χ3v) is 4.92. The van der Waals surface area contributed by atoms with Crippen LogP contribution in [0.25, 0.3) is 0 Å². The van der Waals surface area contributed by atoms with Crippen molar-refractivity contribution in [2.45, 2.75) is 30.6 Å². The van der Waals surface area contributed by atoms with E-state index in [2.05, 4.69) is 15.5 Å². The summed E-state index contributed by atoms with van der Waals surface area (Å²) in [6, 6.07) is 7.48. The fourth-order valence-electron chi connectivity index (χ4n) is 2.51. The molecule has 0 aromatic heterocycles. The van der Waals surface area contributed by atoms with Crippen LogP contribution in [0, 0.1) is 0 Å². The van der Waals surface area contributed by atoms with E-state index >= 15 is 0 Å². The maximum Gasteiger partial charge on any atom is 0.305 e. The third-order valence-electron chi connectivity index (χ3n) is 3.84. The molecule has 2 N–H and O–H groups in total. The summed E-state index contributed by atoms with van der Waals surface area (Å²) in [7, 11) is 0. The number of hydrogen-bond donors (Lipinski definition) is 2. The topological polar surface area (TPSA) is 110 Å². The van der Waals surface area contributed by atoms with Crippen molar-refractivity contribution in [3.05, 3.63) is 29.8 Å². The number of nitrogens with one attached hydrogen (secondary N) is 1. The molecule has 2 aliphatic rings. The number of amides is 1. The summed E-state index contributed by atoms with van der Waals surface area (Å²) in [5, 5.41) is 18.8. The Morgan fingerprint density at radius 2 is 2.08 bits per heavy atom. The number of hydrogen-bond acceptors (Lipinski definition) is 7. The molecule has 2 aliphatic heterocycles. The van der Waals surface area contributed by atoms with Gasteiger partial charge in [-0.25, -0.2) is 0 Å². The van der Waals surface area contributed by atoms with Gasteiger partial charge < -0.3 is 19.9 Å². The molecule has 2 fully saturated rings. The quantitative estimate of drug-likeness (QED) is 0.576. The fraction of sp³-hybridized carbons (Fsp3) is 0.412. The Morgan fingerprint density at radius 1 is 1.35 bits per heavy atom. The zero-order chi connectivity index (χ0) is 18.4. The van der Waals surface area contributed by atoms with Crippen molar-refractivity contribution in [3.63, 3.8) is 0 Å². The van der Waals surface area contributed by atoms with Crippen LogP contribution in [0.15, 0.2) is 34.5 Å². The Bertz CT molecular complexity index is 714. The van der Waals surface area contributed by atoms with Crippen LogP contribution in [-0.2, 0) is 14.3 Å². The molecule has 0 aliphatic carbocycles. The van der Waals surface area contributed by atoms with Gasteiger partial charge in [-0.3, -0.25) is 9.59 Å². The number of carbonyl (C=O) groups excluding carboxylic acids is 1. The molecule has 2 heterocycles. The maximum atomic E-state index is 11.6. The highest BCUT2D eigenvalue weighted by molar-refractivity contribution is 8.15. The van der Waals surface area contributed by atoms with Crippen molar-refractivity contribution < 1.29 is 24.2 Å². The molecule has 8 nitrogen and oxygen atoms in total. The summed E-state index contributed by atoms with van der Waals surface area (Å²) in [6.07, 6.45) is 3.30. The lowest BCUT2D eigenvalue weighted by atomic mass is 10.1. The van der Waals surface area contributed by atoms with E-state index in [0.717, 1.165) is 49.1 Å². The van der Waals surface area contributed by atoms with Gasteiger partial charge in [0, 0.05) is 12.8 Å². The smallest absolute Gasteiger partial charge is 0.305 e. The second kappa shape index (κ2) is 8.81. The lowest BCUT2D eigenvalue weighted by Crippen LogP contribution is -2.26. The van der Waals surface area contributed by atoms with E-state index < -0.39 is 11.2 Å². The summed E-state index contributed by atoms with van der Waals surface area (Å²) in [4.78, 5) is 22.3. The van der Waals surface area contributed by atoms with Gasteiger partial charge in [0.2, 0.25) is 5.91 Å². The Morgan fingerprint density at radius 3 is 2.77 bits per heavy atom. The van der Waals surface area contributed by atoms with E-state index in [4.69, 9.17) is 14.6 Å².